The fraction of sp³-hybridized carbons (Fsp3) is 0.692. The van der Waals surface area contributed by atoms with Gasteiger partial charge in [0, 0.05) is 60.2 Å². The first-order chi connectivity index (χ1) is 24.3. The van der Waals surface area contributed by atoms with E-state index >= 15 is 0 Å². The minimum absolute atomic E-state index is 0.0612. The molecule has 0 radical (unpaired) electrons. The first kappa shape index (κ1) is 41.9. The highest BCUT2D eigenvalue weighted by Crippen LogP contribution is 2.41. The van der Waals surface area contributed by atoms with Crippen molar-refractivity contribution >= 4 is 17.6 Å². The van der Waals surface area contributed by atoms with Crippen LogP contribution in [-0.2, 0) is 44.8 Å². The predicted molar refractivity (Wildman–Crippen MR) is 202 cm³/mol. The van der Waals surface area contributed by atoms with E-state index in [1.54, 1.807) is 54.8 Å². The fourth-order valence-corrected chi connectivity index (χ4v) is 12.2. The molecule has 2 saturated carbocycles. The number of phenols is 2. The van der Waals surface area contributed by atoms with Crippen molar-refractivity contribution in [3.8, 4) is 11.5 Å². The maximum absolute atomic E-state index is 11.2. The van der Waals surface area contributed by atoms with E-state index < -0.39 is 35.2 Å². The molecule has 0 saturated heterocycles. The zero-order valence-corrected chi connectivity index (χ0v) is 34.2. The molecule has 0 aromatic heterocycles. The highest BCUT2D eigenvalue weighted by molar-refractivity contribution is 6.60. The van der Waals surface area contributed by atoms with Gasteiger partial charge in [-0.05, 0) is 122 Å². The minimum Gasteiger partial charge on any atom is -0.508 e. The van der Waals surface area contributed by atoms with Crippen LogP contribution in [-0.4, -0.2) is 92.9 Å². The summed E-state index contributed by atoms with van der Waals surface area (Å²) in [6, 6.07) is 13.1. The molecule has 2 aliphatic carbocycles. The molecule has 0 aliphatic heterocycles. The summed E-state index contributed by atoms with van der Waals surface area (Å²) < 4.78 is 33.5. The Morgan fingerprint density at radius 3 is 1.25 bits per heavy atom. The van der Waals surface area contributed by atoms with E-state index in [4.69, 9.17) is 26.6 Å². The normalized spacial score (nSPS) is 24.9. The molecular formula is C39H64O10Si2. The van der Waals surface area contributed by atoms with Gasteiger partial charge >= 0.3 is 17.6 Å². The minimum atomic E-state index is -2.65. The summed E-state index contributed by atoms with van der Waals surface area (Å²) >= 11 is 0. The van der Waals surface area contributed by atoms with Crippen LogP contribution < -0.4 is 0 Å². The number of aliphatic hydroxyl groups is 2. The van der Waals surface area contributed by atoms with E-state index in [9.17, 15) is 20.4 Å². The molecule has 2 aromatic rings. The number of hydrogen-bond acceptors (Lipinski definition) is 10. The van der Waals surface area contributed by atoms with Gasteiger partial charge in [0.2, 0.25) is 0 Å². The number of rotatable bonds is 18. The Hall–Kier alpha value is -1.85. The zero-order chi connectivity index (χ0) is 37.4. The van der Waals surface area contributed by atoms with Gasteiger partial charge in [0.05, 0.1) is 12.2 Å². The Bertz CT molecular complexity index is 1260. The smallest absolute Gasteiger partial charge is 0.500 e. The molecule has 0 bridgehead atoms. The third-order valence-electron chi connectivity index (χ3n) is 12.3. The molecule has 288 valence electrons. The molecule has 10 nitrogen and oxygen atoms in total. The maximum Gasteiger partial charge on any atom is 0.500 e. The van der Waals surface area contributed by atoms with Crippen LogP contribution in [0.5, 0.6) is 11.5 Å². The van der Waals surface area contributed by atoms with Crippen LogP contribution in [0, 0.1) is 23.7 Å². The lowest BCUT2D eigenvalue weighted by Crippen LogP contribution is -2.43. The third kappa shape index (κ3) is 10.2. The van der Waals surface area contributed by atoms with Crippen molar-refractivity contribution in [3.05, 3.63) is 58.7 Å². The summed E-state index contributed by atoms with van der Waals surface area (Å²) in [5, 5.41) is 44.2. The summed E-state index contributed by atoms with van der Waals surface area (Å²) in [4.78, 5) is 0. The molecular weight excluding hydrogens is 685 g/mol. The zero-order valence-electron chi connectivity index (χ0n) is 32.2. The van der Waals surface area contributed by atoms with Crippen molar-refractivity contribution in [2.45, 2.75) is 108 Å². The SMILES string of the molecule is CO[Si](CCC1CCC(Cc2cc(C(C)(C)c3ccc(O)c(CC4CCC(CC[Si](OC)(OC)OC)CC4O)c3)ccc2O)C(O)C1)(OC)OC. The molecule has 51 heavy (non-hydrogen) atoms. The number of aromatic hydroxyl groups is 2. The Morgan fingerprint density at radius 2 is 0.941 bits per heavy atom. The van der Waals surface area contributed by atoms with E-state index in [0.29, 0.717) is 37.5 Å². The first-order valence-electron chi connectivity index (χ1n) is 18.6. The van der Waals surface area contributed by atoms with Crippen LogP contribution in [0.3, 0.4) is 0 Å². The summed E-state index contributed by atoms with van der Waals surface area (Å²) in [7, 11) is 4.50. The third-order valence-corrected chi connectivity index (χ3v) is 17.8. The highest BCUT2D eigenvalue weighted by Gasteiger charge is 2.41. The lowest BCUT2D eigenvalue weighted by atomic mass is 9.73. The van der Waals surface area contributed by atoms with E-state index in [2.05, 4.69) is 26.0 Å². The number of benzene rings is 2. The molecule has 6 atom stereocenters. The van der Waals surface area contributed by atoms with Gasteiger partial charge in [0.25, 0.3) is 0 Å². The molecule has 2 fully saturated rings. The summed E-state index contributed by atoms with van der Waals surface area (Å²) in [6.07, 6.45) is 7.25. The molecule has 2 aromatic carbocycles. The monoisotopic (exact) mass is 748 g/mol. The molecule has 4 rings (SSSR count). The first-order valence-corrected chi connectivity index (χ1v) is 22.5. The van der Waals surface area contributed by atoms with E-state index in [1.807, 2.05) is 12.1 Å². The molecule has 0 spiro atoms. The van der Waals surface area contributed by atoms with Crippen LogP contribution in [0.25, 0.3) is 0 Å². The van der Waals surface area contributed by atoms with E-state index in [1.165, 1.54) is 0 Å². The Kier molecular flexibility index (Phi) is 15.2. The van der Waals surface area contributed by atoms with E-state index in [-0.39, 0.29) is 23.3 Å². The van der Waals surface area contributed by atoms with Crippen molar-refractivity contribution in [2.24, 2.45) is 23.7 Å². The van der Waals surface area contributed by atoms with Crippen LogP contribution in [0.4, 0.5) is 0 Å². The van der Waals surface area contributed by atoms with Gasteiger partial charge < -0.3 is 47.0 Å². The average molecular weight is 749 g/mol. The maximum atomic E-state index is 11.2. The van der Waals surface area contributed by atoms with Gasteiger partial charge in [-0.2, -0.15) is 0 Å². The second kappa shape index (κ2) is 18.5. The van der Waals surface area contributed by atoms with Crippen molar-refractivity contribution in [1.29, 1.82) is 0 Å². The van der Waals surface area contributed by atoms with Gasteiger partial charge in [-0.1, -0.05) is 38.1 Å². The topological polar surface area (TPSA) is 136 Å². The Morgan fingerprint density at radius 1 is 0.588 bits per heavy atom. The number of aliphatic hydroxyl groups excluding tert-OH is 2. The van der Waals surface area contributed by atoms with Crippen LogP contribution in [0.2, 0.25) is 12.1 Å². The van der Waals surface area contributed by atoms with Crippen LogP contribution >= 0.6 is 0 Å². The standard InChI is InChI=1S/C39H64O10Si2/c1-39(2,33-13-15-35(40)31(25-33)23-29-11-9-27(21-37(29)42)17-19-50(44-3,45-4)46-5)34-14-16-36(41)32(26-34)24-30-12-10-28(22-38(30)43)18-20-51(47-6,48-7)49-8/h13-16,25-30,37-38,40-43H,9-12,17-24H2,1-8H3. The highest BCUT2D eigenvalue weighted by atomic mass is 28.4. The van der Waals surface area contributed by atoms with Gasteiger partial charge in [-0.25, -0.2) is 0 Å². The van der Waals surface area contributed by atoms with E-state index in [0.717, 1.165) is 72.9 Å². The van der Waals surface area contributed by atoms with Gasteiger partial charge in [-0.15, -0.1) is 0 Å². The second-order valence-electron chi connectivity index (χ2n) is 15.4. The van der Waals surface area contributed by atoms with Crippen LogP contribution in [0.1, 0.15) is 87.5 Å². The number of hydrogen-bond donors (Lipinski definition) is 4. The molecule has 0 amide bonds. The van der Waals surface area contributed by atoms with Gasteiger partial charge in [0.15, 0.2) is 0 Å². The largest absolute Gasteiger partial charge is 0.508 e. The summed E-state index contributed by atoms with van der Waals surface area (Å²) in [5.74, 6) is 1.36. The lowest BCUT2D eigenvalue weighted by molar-refractivity contribution is 0.0413. The number of phenolic OH excluding ortho intramolecular Hbond substituents is 2. The summed E-state index contributed by atoms with van der Waals surface area (Å²) in [5.41, 5.74) is 3.37. The predicted octanol–water partition coefficient (Wildman–Crippen LogP) is 6.60. The van der Waals surface area contributed by atoms with Crippen LogP contribution in [0.15, 0.2) is 36.4 Å². The molecule has 12 heteroatoms. The van der Waals surface area contributed by atoms with Gasteiger partial charge in [-0.3, -0.25) is 0 Å². The van der Waals surface area contributed by atoms with Crippen molar-refractivity contribution < 1.29 is 47.0 Å². The van der Waals surface area contributed by atoms with Crippen molar-refractivity contribution in [2.75, 3.05) is 42.7 Å². The molecule has 0 heterocycles. The summed E-state index contributed by atoms with van der Waals surface area (Å²) in [6.45, 7) is 4.32. The van der Waals surface area contributed by atoms with Gasteiger partial charge in [0.1, 0.15) is 11.5 Å². The van der Waals surface area contributed by atoms with Crippen molar-refractivity contribution in [1.82, 2.24) is 0 Å². The Balaban J connectivity index is 1.40. The average Bonchev–Trinajstić information content (AvgIpc) is 3.13. The molecule has 6 unspecified atom stereocenters. The quantitative estimate of drug-likeness (QED) is 0.124. The second-order valence-corrected chi connectivity index (χ2v) is 21.6. The Labute approximate surface area is 308 Å². The van der Waals surface area contributed by atoms with Crippen molar-refractivity contribution in [3.63, 3.8) is 0 Å². The fourth-order valence-electron chi connectivity index (χ4n) is 8.47. The molecule has 4 N–H and O–H groups in total. The lowest BCUT2D eigenvalue weighted by Gasteiger charge is -2.35. The molecule has 2 aliphatic rings.